The molecule has 114 valence electrons. The van der Waals surface area contributed by atoms with Crippen LogP contribution in [0, 0.1) is 11.7 Å². The van der Waals surface area contributed by atoms with Crippen molar-refractivity contribution < 1.29 is 18.7 Å². The standard InChI is InChI=1S/C14H18FN3O3/c1-21-12(19)6-7-16-14(20)11-8-17-18-13(11)9-2-4-10(15)5-3-9/h2-5,11,13,17-18H,6-8H2,1H3,(H,16,20). The van der Waals surface area contributed by atoms with E-state index < -0.39 is 0 Å². The molecule has 1 saturated heterocycles. The fourth-order valence-corrected chi connectivity index (χ4v) is 2.25. The number of benzene rings is 1. The van der Waals surface area contributed by atoms with Gasteiger partial charge in [-0.15, -0.1) is 0 Å². The number of hydrazine groups is 1. The minimum Gasteiger partial charge on any atom is -0.469 e. The van der Waals surface area contributed by atoms with Crippen LogP contribution in [0.25, 0.3) is 0 Å². The van der Waals surface area contributed by atoms with Crippen LogP contribution >= 0.6 is 0 Å². The van der Waals surface area contributed by atoms with Crippen molar-refractivity contribution in [2.75, 3.05) is 20.2 Å². The van der Waals surface area contributed by atoms with Crippen LogP contribution in [-0.4, -0.2) is 32.1 Å². The summed E-state index contributed by atoms with van der Waals surface area (Å²) in [6, 6.07) is 5.79. The van der Waals surface area contributed by atoms with Crippen molar-refractivity contribution in [3.63, 3.8) is 0 Å². The zero-order valence-electron chi connectivity index (χ0n) is 11.7. The Morgan fingerprint density at radius 2 is 2.10 bits per heavy atom. The second kappa shape index (κ2) is 7.14. The molecule has 1 aromatic carbocycles. The van der Waals surface area contributed by atoms with Crippen molar-refractivity contribution in [1.29, 1.82) is 0 Å². The highest BCUT2D eigenvalue weighted by Crippen LogP contribution is 2.25. The van der Waals surface area contributed by atoms with Gasteiger partial charge >= 0.3 is 5.97 Å². The van der Waals surface area contributed by atoms with Crippen molar-refractivity contribution in [3.8, 4) is 0 Å². The number of ether oxygens (including phenoxy) is 1. The molecule has 1 aliphatic rings. The number of hydrogen-bond donors (Lipinski definition) is 3. The Morgan fingerprint density at radius 1 is 1.38 bits per heavy atom. The van der Waals surface area contributed by atoms with Crippen LogP contribution in [0.3, 0.4) is 0 Å². The average Bonchev–Trinajstić information content (AvgIpc) is 2.97. The number of amides is 1. The third-order valence-electron chi connectivity index (χ3n) is 3.40. The fraction of sp³-hybridized carbons (Fsp3) is 0.429. The van der Waals surface area contributed by atoms with E-state index in [4.69, 9.17) is 0 Å². The van der Waals surface area contributed by atoms with Gasteiger partial charge in [0.05, 0.1) is 25.5 Å². The van der Waals surface area contributed by atoms with Gasteiger partial charge in [-0.25, -0.2) is 9.82 Å². The van der Waals surface area contributed by atoms with E-state index in [2.05, 4.69) is 20.9 Å². The Morgan fingerprint density at radius 3 is 2.76 bits per heavy atom. The number of esters is 1. The number of rotatable bonds is 5. The van der Waals surface area contributed by atoms with Crippen LogP contribution in [0.4, 0.5) is 4.39 Å². The first-order valence-corrected chi connectivity index (χ1v) is 6.70. The van der Waals surface area contributed by atoms with Gasteiger partial charge in [-0.05, 0) is 17.7 Å². The third kappa shape index (κ3) is 3.99. The van der Waals surface area contributed by atoms with E-state index in [0.29, 0.717) is 6.54 Å². The molecule has 2 unspecified atom stereocenters. The molecule has 7 heteroatoms. The number of carbonyl (C=O) groups excluding carboxylic acids is 2. The van der Waals surface area contributed by atoms with Crippen LogP contribution in [-0.2, 0) is 14.3 Å². The molecule has 0 saturated carbocycles. The molecule has 1 aliphatic heterocycles. The highest BCUT2D eigenvalue weighted by Gasteiger charge is 2.33. The van der Waals surface area contributed by atoms with Gasteiger partial charge in [-0.2, -0.15) is 0 Å². The van der Waals surface area contributed by atoms with Gasteiger partial charge in [-0.3, -0.25) is 15.0 Å². The summed E-state index contributed by atoms with van der Waals surface area (Å²) in [6.07, 6.45) is 0.136. The lowest BCUT2D eigenvalue weighted by atomic mass is 9.94. The predicted octanol–water partition coefficient (Wildman–Crippen LogP) is 0.270. The van der Waals surface area contributed by atoms with Crippen LogP contribution in [0.2, 0.25) is 0 Å². The van der Waals surface area contributed by atoms with Crippen LogP contribution < -0.4 is 16.2 Å². The van der Waals surface area contributed by atoms with Gasteiger partial charge in [0.2, 0.25) is 5.91 Å². The van der Waals surface area contributed by atoms with Crippen molar-refractivity contribution >= 4 is 11.9 Å². The fourth-order valence-electron chi connectivity index (χ4n) is 2.25. The molecule has 1 aromatic rings. The molecule has 0 aliphatic carbocycles. The zero-order chi connectivity index (χ0) is 15.2. The Bertz CT molecular complexity index is 507. The summed E-state index contributed by atoms with van der Waals surface area (Å²) in [4.78, 5) is 23.1. The second-order valence-electron chi connectivity index (χ2n) is 4.78. The normalized spacial score (nSPS) is 21.0. The van der Waals surface area contributed by atoms with E-state index in [1.54, 1.807) is 12.1 Å². The van der Waals surface area contributed by atoms with E-state index in [9.17, 15) is 14.0 Å². The van der Waals surface area contributed by atoms with Crippen molar-refractivity contribution in [2.24, 2.45) is 5.92 Å². The molecule has 3 N–H and O–H groups in total. The molecule has 6 nitrogen and oxygen atoms in total. The van der Waals surface area contributed by atoms with Gasteiger partial charge < -0.3 is 10.1 Å². The monoisotopic (exact) mass is 295 g/mol. The Balaban J connectivity index is 1.93. The maximum Gasteiger partial charge on any atom is 0.307 e. The number of hydrogen-bond acceptors (Lipinski definition) is 5. The maximum atomic E-state index is 12.9. The van der Waals surface area contributed by atoms with Gasteiger partial charge in [0.25, 0.3) is 0 Å². The van der Waals surface area contributed by atoms with E-state index in [-0.39, 0.29) is 42.6 Å². The first-order valence-electron chi connectivity index (χ1n) is 6.70. The highest BCUT2D eigenvalue weighted by atomic mass is 19.1. The summed E-state index contributed by atoms with van der Waals surface area (Å²) in [7, 11) is 1.31. The molecule has 2 atom stereocenters. The molecule has 1 amide bonds. The number of methoxy groups -OCH3 is 1. The van der Waals surface area contributed by atoms with E-state index in [0.717, 1.165) is 5.56 Å². The summed E-state index contributed by atoms with van der Waals surface area (Å²) < 4.78 is 17.5. The molecule has 1 heterocycles. The molecular formula is C14H18FN3O3. The maximum absolute atomic E-state index is 12.9. The number of carbonyl (C=O) groups is 2. The van der Waals surface area contributed by atoms with Crippen LogP contribution in [0.1, 0.15) is 18.0 Å². The Hall–Kier alpha value is -1.99. The molecule has 1 fully saturated rings. The van der Waals surface area contributed by atoms with Crippen molar-refractivity contribution in [2.45, 2.75) is 12.5 Å². The molecule has 2 rings (SSSR count). The van der Waals surface area contributed by atoms with Gasteiger partial charge in [0.1, 0.15) is 5.82 Å². The van der Waals surface area contributed by atoms with Crippen LogP contribution in [0.15, 0.2) is 24.3 Å². The van der Waals surface area contributed by atoms with Crippen molar-refractivity contribution in [3.05, 3.63) is 35.6 Å². The van der Waals surface area contributed by atoms with Gasteiger partial charge in [-0.1, -0.05) is 12.1 Å². The zero-order valence-corrected chi connectivity index (χ0v) is 11.7. The minimum atomic E-state index is -0.368. The second-order valence-corrected chi connectivity index (χ2v) is 4.78. The van der Waals surface area contributed by atoms with Gasteiger partial charge in [0, 0.05) is 13.1 Å². The first kappa shape index (κ1) is 15.4. The highest BCUT2D eigenvalue weighted by molar-refractivity contribution is 5.81. The quantitative estimate of drug-likeness (QED) is 0.680. The molecule has 21 heavy (non-hydrogen) atoms. The first-order chi connectivity index (χ1) is 10.1. The van der Waals surface area contributed by atoms with E-state index >= 15 is 0 Å². The largest absolute Gasteiger partial charge is 0.469 e. The average molecular weight is 295 g/mol. The summed E-state index contributed by atoms with van der Waals surface area (Å²) in [5.41, 5.74) is 6.77. The van der Waals surface area contributed by atoms with Crippen LogP contribution in [0.5, 0.6) is 0 Å². The topological polar surface area (TPSA) is 79.5 Å². The lowest BCUT2D eigenvalue weighted by molar-refractivity contribution is -0.140. The van der Waals surface area contributed by atoms with E-state index in [1.807, 2.05) is 0 Å². The Kier molecular flexibility index (Phi) is 5.24. The molecule has 0 spiro atoms. The van der Waals surface area contributed by atoms with Gasteiger partial charge in [0.15, 0.2) is 0 Å². The lowest BCUT2D eigenvalue weighted by Gasteiger charge is -2.18. The SMILES string of the molecule is COC(=O)CCNC(=O)C1CNNC1c1ccc(F)cc1. The van der Waals surface area contributed by atoms with Crippen molar-refractivity contribution in [1.82, 2.24) is 16.2 Å². The third-order valence-corrected chi connectivity index (χ3v) is 3.40. The predicted molar refractivity (Wildman–Crippen MR) is 73.4 cm³/mol. The molecule has 0 aromatic heterocycles. The van der Waals surface area contributed by atoms with E-state index in [1.165, 1.54) is 19.2 Å². The number of nitrogens with one attached hydrogen (secondary N) is 3. The molecule has 0 radical (unpaired) electrons. The smallest absolute Gasteiger partial charge is 0.307 e. The lowest BCUT2D eigenvalue weighted by Crippen LogP contribution is -2.36. The number of halogens is 1. The molecular weight excluding hydrogens is 277 g/mol. The summed E-state index contributed by atoms with van der Waals surface area (Å²) in [6.45, 7) is 0.699. The minimum absolute atomic E-state index is 0.136. The summed E-state index contributed by atoms with van der Waals surface area (Å²) in [5.74, 6) is -1.17. The summed E-state index contributed by atoms with van der Waals surface area (Å²) >= 11 is 0. The summed E-state index contributed by atoms with van der Waals surface area (Å²) in [5, 5.41) is 2.71. The molecule has 0 bridgehead atoms. The Labute approximate surface area is 122 Å².